The minimum absolute atomic E-state index is 0. The van der Waals surface area contributed by atoms with Crippen molar-refractivity contribution in [3.63, 3.8) is 0 Å². The number of carboxylic acid groups (broad SMARTS) is 1. The average Bonchev–Trinajstić information content (AvgIpc) is 2.58. The van der Waals surface area contributed by atoms with Crippen LogP contribution in [0.5, 0.6) is 0 Å². The Morgan fingerprint density at radius 1 is 1.03 bits per heavy atom. The summed E-state index contributed by atoms with van der Waals surface area (Å²) in [6.45, 7) is 4.79. The second kappa shape index (κ2) is 16.9. The molecule has 0 amide bonds. The second-order valence-corrected chi connectivity index (χ2v) is 7.37. The van der Waals surface area contributed by atoms with Crippen LogP contribution in [0.3, 0.4) is 0 Å². The molecule has 0 aromatic heterocycles. The van der Waals surface area contributed by atoms with E-state index in [1.807, 2.05) is 13.0 Å². The third-order valence-electron chi connectivity index (χ3n) is 2.64. The summed E-state index contributed by atoms with van der Waals surface area (Å²) < 4.78 is 1.62. The van der Waals surface area contributed by atoms with Gasteiger partial charge < -0.3 is 15.9 Å². The normalized spacial score (nSPS) is 8.59. The Kier molecular flexibility index (Phi) is 19.1. The van der Waals surface area contributed by atoms with Gasteiger partial charge in [-0.15, -0.1) is 0 Å². The first-order valence-electron chi connectivity index (χ1n) is 7.32. The van der Waals surface area contributed by atoms with Crippen molar-refractivity contribution in [3.05, 3.63) is 64.5 Å². The molecule has 0 saturated carbocycles. The van der Waals surface area contributed by atoms with E-state index in [0.29, 0.717) is 20.2 Å². The summed E-state index contributed by atoms with van der Waals surface area (Å²) in [5, 5.41) is 25.8. The molecule has 4 N–H and O–H groups in total. The molecule has 0 unspecified atom stereocenters. The smallest absolute Gasteiger partial charge is 0.300 e. The molecule has 0 saturated heterocycles. The Morgan fingerprint density at radius 2 is 1.38 bits per heavy atom. The summed E-state index contributed by atoms with van der Waals surface area (Å²) in [6.07, 6.45) is 0. The zero-order valence-electron chi connectivity index (χ0n) is 15.8. The number of hydrogen-bond donors (Lipinski definition) is 3. The summed E-state index contributed by atoms with van der Waals surface area (Å²) in [7, 11) is 1.00. The first kappa shape index (κ1) is 32.8. The van der Waals surface area contributed by atoms with E-state index in [-0.39, 0.29) is 22.8 Å². The van der Waals surface area contributed by atoms with E-state index in [9.17, 15) is 10.1 Å². The van der Waals surface area contributed by atoms with Crippen molar-refractivity contribution >= 4 is 72.4 Å². The number of hydrogen-bond acceptors (Lipinski definition) is 5. The molecule has 2 aromatic rings. The fourth-order valence-corrected chi connectivity index (χ4v) is 2.56. The molecule has 7 nitrogen and oxygen atoms in total. The molecule has 2 aromatic carbocycles. The molecule has 164 valence electrons. The third kappa shape index (κ3) is 13.9. The number of benzene rings is 2. The molecule has 12 heteroatoms. The Bertz CT molecular complexity index is 776. The topological polar surface area (TPSA) is 127 Å². The van der Waals surface area contributed by atoms with Crippen LogP contribution in [-0.2, 0) is 21.9 Å². The molecule has 29 heavy (non-hydrogen) atoms. The predicted octanol–water partition coefficient (Wildman–Crippen LogP) is 6.01. The van der Waals surface area contributed by atoms with Crippen LogP contribution in [0.2, 0.25) is 10.0 Å². The number of nitrogens with zero attached hydrogens (tertiary/aromatic N) is 1. The number of nitrogens with two attached hydrogens (primary N) is 1. The van der Waals surface area contributed by atoms with E-state index < -0.39 is 10.9 Å². The van der Waals surface area contributed by atoms with Crippen molar-refractivity contribution in [2.75, 3.05) is 12.8 Å². The van der Waals surface area contributed by atoms with Crippen LogP contribution in [-0.4, -0.2) is 28.2 Å². The van der Waals surface area contributed by atoms with Gasteiger partial charge in [-0.25, -0.2) is 0 Å². The molecule has 0 bridgehead atoms. The van der Waals surface area contributed by atoms with Crippen molar-refractivity contribution in [1.82, 2.24) is 0 Å². The van der Waals surface area contributed by atoms with E-state index in [0.717, 1.165) is 29.6 Å². The summed E-state index contributed by atoms with van der Waals surface area (Å²) in [6, 6.07) is 6.38. The quantitative estimate of drug-likeness (QED) is 0.156. The largest absolute Gasteiger partial charge is 0.481 e. The summed E-state index contributed by atoms with van der Waals surface area (Å²) in [5.74, 6) is -0.833. The van der Waals surface area contributed by atoms with Crippen molar-refractivity contribution in [1.29, 1.82) is 0 Å². The average molecular weight is 619 g/mol. The van der Waals surface area contributed by atoms with Crippen molar-refractivity contribution < 1.29 is 37.0 Å². The van der Waals surface area contributed by atoms with Gasteiger partial charge in [-0.05, 0) is 69.0 Å². The Labute approximate surface area is 206 Å². The fourth-order valence-electron chi connectivity index (χ4n) is 1.57. The number of aliphatic hydroxyl groups is 1. The van der Waals surface area contributed by atoms with E-state index in [1.54, 1.807) is 13.0 Å². The number of carbonyl (C=O) groups is 1. The van der Waals surface area contributed by atoms with Gasteiger partial charge in [0, 0.05) is 57.9 Å². The maximum atomic E-state index is 10.3. The molecule has 0 radical (unpaired) electrons. The predicted molar refractivity (Wildman–Crippen MR) is 120 cm³/mol. The second-order valence-electron chi connectivity index (χ2n) is 4.97. The molecular formula is C17H20Br2Cl2FeN2O5. The molecule has 0 aliphatic rings. The third-order valence-corrected chi connectivity index (χ3v) is 5.80. The molecule has 2 rings (SSSR count). The number of carboxylic acids is 1. The number of aliphatic hydroxyl groups excluding tert-OH is 1. The molecule has 0 fully saturated rings. The monoisotopic (exact) mass is 616 g/mol. The zero-order valence-corrected chi connectivity index (χ0v) is 21.6. The standard InChI is InChI=1S/C7H5BrClNO2.C7H7BrClN.C2H4O2.CH4O.Fe/c1-4-2-5(10(11)12)3-6(9)7(4)8;1-4-2-5(10)3-6(9)7(4)8;1-2(3)4;1-2;/h2-3H,1H3;2-3H,10H2,1H3;1H3,(H,3,4);2H,1H3;. The molecule has 0 atom stereocenters. The van der Waals surface area contributed by atoms with Crippen LogP contribution in [0.15, 0.2) is 33.2 Å². The van der Waals surface area contributed by atoms with Gasteiger partial charge in [-0.2, -0.15) is 0 Å². The summed E-state index contributed by atoms with van der Waals surface area (Å²) >= 11 is 18.0. The van der Waals surface area contributed by atoms with E-state index >= 15 is 0 Å². The Hall–Kier alpha value is -0.871. The van der Waals surface area contributed by atoms with Crippen LogP contribution in [0.4, 0.5) is 11.4 Å². The van der Waals surface area contributed by atoms with Gasteiger partial charge in [0.2, 0.25) is 0 Å². The van der Waals surface area contributed by atoms with E-state index in [4.69, 9.17) is 43.9 Å². The van der Waals surface area contributed by atoms with E-state index in [2.05, 4.69) is 31.9 Å². The van der Waals surface area contributed by atoms with Crippen LogP contribution in [0.1, 0.15) is 18.1 Å². The molecule has 0 spiro atoms. The van der Waals surface area contributed by atoms with Gasteiger partial charge in [0.1, 0.15) is 0 Å². The fraction of sp³-hybridized carbons (Fsp3) is 0.235. The van der Waals surface area contributed by atoms with Crippen molar-refractivity contribution in [2.24, 2.45) is 0 Å². The maximum absolute atomic E-state index is 10.3. The van der Waals surface area contributed by atoms with Gasteiger partial charge in [0.05, 0.1) is 15.0 Å². The number of nitro groups is 1. The van der Waals surface area contributed by atoms with Crippen molar-refractivity contribution in [2.45, 2.75) is 20.8 Å². The van der Waals surface area contributed by atoms with Crippen molar-refractivity contribution in [3.8, 4) is 0 Å². The number of rotatable bonds is 1. The number of anilines is 1. The van der Waals surface area contributed by atoms with E-state index in [1.165, 1.54) is 12.1 Å². The Morgan fingerprint density at radius 3 is 1.69 bits per heavy atom. The van der Waals surface area contributed by atoms with Gasteiger partial charge >= 0.3 is 0 Å². The number of nitrogen functional groups attached to an aromatic ring is 1. The van der Waals surface area contributed by atoms with Gasteiger partial charge in [-0.3, -0.25) is 14.9 Å². The number of non-ortho nitro benzene ring substituents is 1. The summed E-state index contributed by atoms with van der Waals surface area (Å²) in [4.78, 5) is 18.9. The minimum Gasteiger partial charge on any atom is -0.481 e. The Balaban J connectivity index is -0.000000361. The molecular weight excluding hydrogens is 599 g/mol. The SMILES string of the molecule is CC(=O)O.CO.Cc1cc(N)cc(Cl)c1Br.Cc1cc([N+](=O)[O-])cc(Cl)c1Br.[Fe]. The molecule has 0 aliphatic carbocycles. The van der Waals surface area contributed by atoms with Crippen LogP contribution < -0.4 is 5.73 Å². The first-order valence-corrected chi connectivity index (χ1v) is 9.66. The zero-order chi connectivity index (χ0) is 22.6. The van der Waals surface area contributed by atoms with Crippen LogP contribution >= 0.6 is 55.1 Å². The number of aryl methyl sites for hydroxylation is 2. The first-order chi connectivity index (χ1) is 12.9. The van der Waals surface area contributed by atoms with Gasteiger partial charge in [-0.1, -0.05) is 23.2 Å². The number of aliphatic carboxylic acids is 1. The van der Waals surface area contributed by atoms with Crippen LogP contribution in [0, 0.1) is 24.0 Å². The maximum Gasteiger partial charge on any atom is 0.300 e. The number of halogens is 4. The van der Waals surface area contributed by atoms with Gasteiger partial charge in [0.15, 0.2) is 0 Å². The molecule has 0 aliphatic heterocycles. The summed E-state index contributed by atoms with van der Waals surface area (Å²) in [5.41, 5.74) is 8.06. The van der Waals surface area contributed by atoms with Gasteiger partial charge in [0.25, 0.3) is 11.7 Å². The number of nitro benzene ring substituents is 1. The molecule has 0 heterocycles. The minimum atomic E-state index is -0.833. The van der Waals surface area contributed by atoms with Crippen LogP contribution in [0.25, 0.3) is 0 Å².